The molecule has 1 aromatic carbocycles. The van der Waals surface area contributed by atoms with Crippen molar-refractivity contribution in [2.45, 2.75) is 51.3 Å². The normalized spacial score (nSPS) is 25.3. The topological polar surface area (TPSA) is 24.5 Å². The van der Waals surface area contributed by atoms with Crippen LogP contribution in [0.2, 0.25) is 5.02 Å². The molecule has 1 N–H and O–H groups in total. The minimum absolute atomic E-state index is 0.376. The summed E-state index contributed by atoms with van der Waals surface area (Å²) in [6.07, 6.45) is 6.10. The summed E-state index contributed by atoms with van der Waals surface area (Å²) in [5.74, 6) is 1.09. The molecule has 2 saturated heterocycles. The van der Waals surface area contributed by atoms with E-state index >= 15 is 0 Å². The fraction of sp³-hybridized carbons (Fsp3) is 0.700. The van der Waals surface area contributed by atoms with E-state index in [2.05, 4.69) is 28.6 Å². The van der Waals surface area contributed by atoms with Gasteiger partial charge in [0, 0.05) is 29.4 Å². The Morgan fingerprint density at radius 3 is 2.52 bits per heavy atom. The Kier molecular flexibility index (Phi) is 9.64. The van der Waals surface area contributed by atoms with Crippen molar-refractivity contribution in [2.75, 3.05) is 38.2 Å². The summed E-state index contributed by atoms with van der Waals surface area (Å²) in [4.78, 5) is 2.74. The van der Waals surface area contributed by atoms with Crippen LogP contribution < -0.4 is 5.32 Å². The number of ether oxygens (including phenoxy) is 1. The van der Waals surface area contributed by atoms with Crippen molar-refractivity contribution in [3.63, 3.8) is 0 Å². The Bertz CT molecular complexity index is 479. The van der Waals surface area contributed by atoms with E-state index in [-0.39, 0.29) is 0 Å². The number of piperidine rings is 1. The predicted molar refractivity (Wildman–Crippen MR) is 111 cm³/mol. The van der Waals surface area contributed by atoms with Crippen LogP contribution in [-0.2, 0) is 11.2 Å². The van der Waals surface area contributed by atoms with Crippen molar-refractivity contribution in [3.05, 3.63) is 34.9 Å². The third kappa shape index (κ3) is 6.44. The first-order valence-corrected chi connectivity index (χ1v) is 11.3. The Morgan fingerprint density at radius 1 is 1.20 bits per heavy atom. The lowest BCUT2D eigenvalue weighted by atomic mass is 9.97. The molecule has 0 radical (unpaired) electrons. The standard InChI is InChI=1S/C18H27ClN2OS.C2H6/c1-23-13-18-11-21(16-6-8-20-9-7-16)17(12-22-18)10-14-2-4-15(19)5-3-14;1-2/h2-5,16-18,20H,6-13H2,1H3;1-2H3. The molecular formula is C20H33ClN2OS. The molecule has 2 unspecified atom stereocenters. The van der Waals surface area contributed by atoms with Gasteiger partial charge >= 0.3 is 0 Å². The summed E-state index contributed by atoms with van der Waals surface area (Å²) in [7, 11) is 0. The number of nitrogens with one attached hydrogen (secondary N) is 1. The van der Waals surface area contributed by atoms with Gasteiger partial charge < -0.3 is 10.1 Å². The number of benzene rings is 1. The number of rotatable bonds is 5. The molecule has 5 heteroatoms. The molecule has 0 aliphatic carbocycles. The Balaban J connectivity index is 0.00000109. The molecule has 0 spiro atoms. The van der Waals surface area contributed by atoms with Crippen LogP contribution in [-0.4, -0.2) is 61.3 Å². The maximum atomic E-state index is 6.14. The zero-order valence-corrected chi connectivity index (χ0v) is 17.4. The molecule has 2 heterocycles. The first kappa shape index (κ1) is 21.0. The molecule has 3 rings (SSSR count). The van der Waals surface area contributed by atoms with E-state index in [4.69, 9.17) is 16.3 Å². The summed E-state index contributed by atoms with van der Waals surface area (Å²) in [6.45, 7) is 8.20. The van der Waals surface area contributed by atoms with Gasteiger partial charge in [-0.1, -0.05) is 37.6 Å². The number of hydrogen-bond donors (Lipinski definition) is 1. The van der Waals surface area contributed by atoms with E-state index in [1.54, 1.807) is 0 Å². The van der Waals surface area contributed by atoms with Crippen molar-refractivity contribution in [2.24, 2.45) is 0 Å². The summed E-state index contributed by atoms with van der Waals surface area (Å²) >= 11 is 7.90. The quantitative estimate of drug-likeness (QED) is 0.826. The molecule has 2 aliphatic heterocycles. The second-order valence-corrected chi connectivity index (χ2v) is 7.92. The van der Waals surface area contributed by atoms with E-state index in [9.17, 15) is 0 Å². The molecule has 0 bridgehead atoms. The number of halogens is 1. The largest absolute Gasteiger partial charge is 0.374 e. The minimum Gasteiger partial charge on any atom is -0.374 e. The van der Waals surface area contributed by atoms with E-state index in [0.717, 1.165) is 43.4 Å². The van der Waals surface area contributed by atoms with Crippen molar-refractivity contribution in [1.82, 2.24) is 10.2 Å². The molecule has 0 aromatic heterocycles. The third-order valence-electron chi connectivity index (χ3n) is 4.92. The van der Waals surface area contributed by atoms with Gasteiger partial charge in [0.15, 0.2) is 0 Å². The first-order chi connectivity index (χ1) is 12.3. The van der Waals surface area contributed by atoms with Crippen LogP contribution in [0.4, 0.5) is 0 Å². The monoisotopic (exact) mass is 384 g/mol. The van der Waals surface area contributed by atoms with E-state index in [1.807, 2.05) is 37.7 Å². The highest BCUT2D eigenvalue weighted by Gasteiger charge is 2.34. The summed E-state index contributed by atoms with van der Waals surface area (Å²) in [6, 6.07) is 9.46. The van der Waals surface area contributed by atoms with Crippen molar-refractivity contribution < 1.29 is 4.74 Å². The smallest absolute Gasteiger partial charge is 0.0793 e. The second-order valence-electron chi connectivity index (χ2n) is 6.57. The van der Waals surface area contributed by atoms with Gasteiger partial charge in [0.25, 0.3) is 0 Å². The van der Waals surface area contributed by atoms with Crippen molar-refractivity contribution in [1.29, 1.82) is 0 Å². The number of nitrogens with zero attached hydrogens (tertiary/aromatic N) is 1. The number of morpholine rings is 1. The molecular weight excluding hydrogens is 352 g/mol. The van der Waals surface area contributed by atoms with Gasteiger partial charge in [0.1, 0.15) is 0 Å². The Labute approximate surface area is 162 Å². The molecule has 0 saturated carbocycles. The van der Waals surface area contributed by atoms with E-state index in [1.165, 1.54) is 18.4 Å². The molecule has 0 amide bonds. The van der Waals surface area contributed by atoms with E-state index in [0.29, 0.717) is 18.2 Å². The molecule has 2 atom stereocenters. The molecule has 2 aliphatic rings. The molecule has 142 valence electrons. The molecule has 2 fully saturated rings. The minimum atomic E-state index is 0.376. The van der Waals surface area contributed by atoms with Gasteiger partial charge in [-0.3, -0.25) is 4.90 Å². The number of thioether (sulfide) groups is 1. The Morgan fingerprint density at radius 2 is 1.88 bits per heavy atom. The summed E-state index contributed by atoms with van der Waals surface area (Å²) in [5, 5.41) is 4.29. The molecule has 3 nitrogen and oxygen atoms in total. The van der Waals surface area contributed by atoms with Crippen molar-refractivity contribution in [3.8, 4) is 0 Å². The average Bonchev–Trinajstić information content (AvgIpc) is 2.67. The number of hydrogen-bond acceptors (Lipinski definition) is 4. The highest BCUT2D eigenvalue weighted by Crippen LogP contribution is 2.24. The lowest BCUT2D eigenvalue weighted by Crippen LogP contribution is -2.57. The highest BCUT2D eigenvalue weighted by molar-refractivity contribution is 7.98. The summed E-state index contributed by atoms with van der Waals surface area (Å²) < 4.78 is 6.14. The van der Waals surface area contributed by atoms with Gasteiger partial charge in [0.05, 0.1) is 12.7 Å². The average molecular weight is 385 g/mol. The fourth-order valence-electron chi connectivity index (χ4n) is 3.72. The lowest BCUT2D eigenvalue weighted by Gasteiger charge is -2.45. The van der Waals surface area contributed by atoms with Crippen LogP contribution in [0.5, 0.6) is 0 Å². The zero-order valence-electron chi connectivity index (χ0n) is 15.8. The third-order valence-corrected chi connectivity index (χ3v) is 5.88. The lowest BCUT2D eigenvalue weighted by molar-refractivity contribution is -0.0733. The summed E-state index contributed by atoms with van der Waals surface area (Å²) in [5.41, 5.74) is 1.35. The van der Waals surface area contributed by atoms with Gasteiger partial charge in [-0.25, -0.2) is 0 Å². The van der Waals surface area contributed by atoms with Crippen LogP contribution in [0.15, 0.2) is 24.3 Å². The SMILES string of the molecule is CC.CSCC1CN(C2CCNCC2)C(Cc2ccc(Cl)cc2)CO1. The zero-order chi connectivity index (χ0) is 18.1. The van der Waals surface area contributed by atoms with Gasteiger partial charge in [0.2, 0.25) is 0 Å². The van der Waals surface area contributed by atoms with Crippen LogP contribution in [0, 0.1) is 0 Å². The van der Waals surface area contributed by atoms with Crippen LogP contribution in [0.1, 0.15) is 32.3 Å². The highest BCUT2D eigenvalue weighted by atomic mass is 35.5. The predicted octanol–water partition coefficient (Wildman–Crippen LogP) is 4.09. The van der Waals surface area contributed by atoms with Crippen LogP contribution >= 0.6 is 23.4 Å². The maximum Gasteiger partial charge on any atom is 0.0793 e. The fourth-order valence-corrected chi connectivity index (χ4v) is 4.42. The maximum absolute atomic E-state index is 6.14. The van der Waals surface area contributed by atoms with E-state index < -0.39 is 0 Å². The van der Waals surface area contributed by atoms with Crippen LogP contribution in [0.3, 0.4) is 0 Å². The molecule has 25 heavy (non-hydrogen) atoms. The van der Waals surface area contributed by atoms with Gasteiger partial charge in [-0.05, 0) is 56.3 Å². The second kappa shape index (κ2) is 11.5. The first-order valence-electron chi connectivity index (χ1n) is 9.57. The van der Waals surface area contributed by atoms with Crippen molar-refractivity contribution >= 4 is 23.4 Å². The Hall–Kier alpha value is -0.260. The molecule has 1 aromatic rings. The van der Waals surface area contributed by atoms with Gasteiger partial charge in [-0.15, -0.1) is 0 Å². The van der Waals surface area contributed by atoms with Crippen LogP contribution in [0.25, 0.3) is 0 Å². The van der Waals surface area contributed by atoms with Gasteiger partial charge in [-0.2, -0.15) is 11.8 Å².